The van der Waals surface area contributed by atoms with Gasteiger partial charge in [-0.05, 0) is 12.5 Å². The fraction of sp³-hybridized carbons (Fsp3) is 0.267. The third-order valence-electron chi connectivity index (χ3n) is 4.12. The first-order valence-corrected chi connectivity index (χ1v) is 7.65. The van der Waals surface area contributed by atoms with E-state index in [2.05, 4.69) is 15.1 Å². The Morgan fingerprint density at radius 3 is 3.09 bits per heavy atom. The summed E-state index contributed by atoms with van der Waals surface area (Å²) in [6.07, 6.45) is 5.92. The molecule has 4 rings (SSSR count). The topological polar surface area (TPSA) is 69.5 Å². The number of amides is 1. The molecule has 118 valence electrons. The zero-order valence-electron chi connectivity index (χ0n) is 12.7. The van der Waals surface area contributed by atoms with Gasteiger partial charge in [-0.3, -0.25) is 9.80 Å². The summed E-state index contributed by atoms with van der Waals surface area (Å²) in [7, 11) is 1.89. The molecular weight excluding hydrogens is 316 g/mol. The van der Waals surface area contributed by atoms with E-state index in [0.717, 1.165) is 23.4 Å². The van der Waals surface area contributed by atoms with Crippen LogP contribution in [0.2, 0.25) is 5.02 Å². The number of hydrazine groups is 1. The maximum atomic E-state index is 12.8. The molecular formula is C15H15ClN6O. The van der Waals surface area contributed by atoms with Crippen molar-refractivity contribution in [2.75, 3.05) is 18.6 Å². The van der Waals surface area contributed by atoms with Gasteiger partial charge in [0.1, 0.15) is 0 Å². The van der Waals surface area contributed by atoms with E-state index in [-0.39, 0.29) is 5.91 Å². The smallest absolute Gasteiger partial charge is 0.292 e. The van der Waals surface area contributed by atoms with Crippen molar-refractivity contribution in [3.63, 3.8) is 0 Å². The normalized spacial score (nSPS) is 14.4. The van der Waals surface area contributed by atoms with Gasteiger partial charge in [-0.1, -0.05) is 11.6 Å². The highest BCUT2D eigenvalue weighted by Gasteiger charge is 2.29. The Balaban J connectivity index is 1.69. The lowest BCUT2D eigenvalue weighted by Crippen LogP contribution is -2.48. The van der Waals surface area contributed by atoms with Gasteiger partial charge in [0, 0.05) is 44.2 Å². The van der Waals surface area contributed by atoms with Crippen LogP contribution in [0.25, 0.3) is 5.65 Å². The summed E-state index contributed by atoms with van der Waals surface area (Å²) < 4.78 is 1.52. The van der Waals surface area contributed by atoms with Gasteiger partial charge in [-0.25, -0.2) is 14.5 Å². The van der Waals surface area contributed by atoms with E-state index in [1.807, 2.05) is 25.2 Å². The number of aromatic amines is 1. The SMILES string of the molecule is Cc1c[nH]c2c1N(C)N(C(=O)c1cc3ncc(Cl)cn3n1)CC2. The van der Waals surface area contributed by atoms with E-state index < -0.39 is 0 Å². The van der Waals surface area contributed by atoms with Crippen LogP contribution in [0.3, 0.4) is 0 Å². The van der Waals surface area contributed by atoms with Crippen LogP contribution in [0.4, 0.5) is 5.69 Å². The fourth-order valence-corrected chi connectivity index (χ4v) is 3.17. The predicted octanol–water partition coefficient (Wildman–Crippen LogP) is 2.07. The number of rotatable bonds is 1. The zero-order chi connectivity index (χ0) is 16.1. The summed E-state index contributed by atoms with van der Waals surface area (Å²) in [4.78, 5) is 20.3. The van der Waals surface area contributed by atoms with Crippen molar-refractivity contribution in [2.45, 2.75) is 13.3 Å². The van der Waals surface area contributed by atoms with Crippen LogP contribution in [0, 0.1) is 6.92 Å². The summed E-state index contributed by atoms with van der Waals surface area (Å²) in [5, 5.41) is 8.35. The number of carbonyl (C=O) groups is 1. The molecule has 0 aliphatic carbocycles. The number of halogens is 1. The van der Waals surface area contributed by atoms with Gasteiger partial charge >= 0.3 is 0 Å². The second-order valence-corrected chi connectivity index (χ2v) is 6.04. The minimum atomic E-state index is -0.152. The van der Waals surface area contributed by atoms with Gasteiger partial charge in [-0.15, -0.1) is 0 Å². The number of H-pyrrole nitrogens is 1. The molecule has 0 saturated heterocycles. The minimum Gasteiger partial charge on any atom is -0.363 e. The number of nitrogens with one attached hydrogen (secondary N) is 1. The average molecular weight is 331 g/mol. The number of hydrogen-bond donors (Lipinski definition) is 1. The van der Waals surface area contributed by atoms with Crippen molar-refractivity contribution in [1.29, 1.82) is 0 Å². The molecule has 0 aromatic carbocycles. The maximum Gasteiger partial charge on any atom is 0.292 e. The summed E-state index contributed by atoms with van der Waals surface area (Å²) >= 11 is 5.91. The van der Waals surface area contributed by atoms with Crippen LogP contribution in [-0.4, -0.2) is 44.1 Å². The summed E-state index contributed by atoms with van der Waals surface area (Å²) in [5.41, 5.74) is 4.26. The molecule has 1 aliphatic heterocycles. The lowest BCUT2D eigenvalue weighted by molar-refractivity contribution is 0.0732. The van der Waals surface area contributed by atoms with E-state index in [9.17, 15) is 4.79 Å². The molecule has 0 radical (unpaired) electrons. The van der Waals surface area contributed by atoms with Crippen LogP contribution < -0.4 is 5.01 Å². The van der Waals surface area contributed by atoms with Gasteiger partial charge in [0.25, 0.3) is 5.91 Å². The van der Waals surface area contributed by atoms with Crippen LogP contribution in [0.1, 0.15) is 21.7 Å². The number of anilines is 1. The highest BCUT2D eigenvalue weighted by molar-refractivity contribution is 6.30. The van der Waals surface area contributed by atoms with Crippen LogP contribution in [-0.2, 0) is 6.42 Å². The maximum absolute atomic E-state index is 12.8. The quantitative estimate of drug-likeness (QED) is 0.741. The van der Waals surface area contributed by atoms with E-state index in [4.69, 9.17) is 11.6 Å². The standard InChI is InChI=1S/C15H15ClN6O/c1-9-6-17-11-3-4-22(20(2)14(9)11)15(23)12-5-13-18-7-10(16)8-21(13)19-12/h5-8,17H,3-4H2,1-2H3. The number of aromatic nitrogens is 4. The molecule has 1 N–H and O–H groups in total. The van der Waals surface area contributed by atoms with Gasteiger partial charge in [0.15, 0.2) is 11.3 Å². The van der Waals surface area contributed by atoms with Crippen LogP contribution in [0.5, 0.6) is 0 Å². The molecule has 0 fully saturated rings. The minimum absolute atomic E-state index is 0.152. The molecule has 0 spiro atoms. The Morgan fingerprint density at radius 1 is 1.43 bits per heavy atom. The lowest BCUT2D eigenvalue weighted by atomic mass is 10.1. The molecule has 8 heteroatoms. The Labute approximate surface area is 137 Å². The third-order valence-corrected chi connectivity index (χ3v) is 4.31. The van der Waals surface area contributed by atoms with Crippen LogP contribution >= 0.6 is 11.6 Å². The molecule has 1 aliphatic rings. The highest BCUT2D eigenvalue weighted by Crippen LogP contribution is 2.30. The number of aryl methyl sites for hydroxylation is 1. The number of nitrogens with zero attached hydrogens (tertiary/aromatic N) is 5. The monoisotopic (exact) mass is 330 g/mol. The molecule has 3 aromatic rings. The lowest BCUT2D eigenvalue weighted by Gasteiger charge is -2.37. The molecule has 3 aromatic heterocycles. The first-order chi connectivity index (χ1) is 11.0. The van der Waals surface area contributed by atoms with Gasteiger partial charge in [-0.2, -0.15) is 5.10 Å². The number of carbonyl (C=O) groups excluding carboxylic acids is 1. The van der Waals surface area contributed by atoms with Crippen molar-refractivity contribution in [3.8, 4) is 0 Å². The molecule has 0 saturated carbocycles. The summed E-state index contributed by atoms with van der Waals surface area (Å²) in [6, 6.07) is 1.67. The average Bonchev–Trinajstić information content (AvgIpc) is 3.11. The van der Waals surface area contributed by atoms with Gasteiger partial charge in [0.2, 0.25) is 0 Å². The number of hydrogen-bond acceptors (Lipinski definition) is 4. The van der Waals surface area contributed by atoms with Gasteiger partial charge < -0.3 is 4.98 Å². The second-order valence-electron chi connectivity index (χ2n) is 5.61. The van der Waals surface area contributed by atoms with Gasteiger partial charge in [0.05, 0.1) is 16.9 Å². The van der Waals surface area contributed by atoms with Crippen molar-refractivity contribution in [1.82, 2.24) is 24.6 Å². The molecule has 23 heavy (non-hydrogen) atoms. The number of fused-ring (bicyclic) bond motifs is 2. The zero-order valence-corrected chi connectivity index (χ0v) is 13.5. The van der Waals surface area contributed by atoms with Crippen molar-refractivity contribution >= 4 is 28.8 Å². The van der Waals surface area contributed by atoms with E-state index in [1.165, 1.54) is 10.7 Å². The van der Waals surface area contributed by atoms with E-state index in [1.54, 1.807) is 17.3 Å². The molecule has 0 bridgehead atoms. The van der Waals surface area contributed by atoms with E-state index >= 15 is 0 Å². The Hall–Kier alpha value is -2.54. The van der Waals surface area contributed by atoms with Crippen molar-refractivity contribution < 1.29 is 4.79 Å². The molecule has 4 heterocycles. The fourth-order valence-electron chi connectivity index (χ4n) is 3.03. The molecule has 1 amide bonds. The summed E-state index contributed by atoms with van der Waals surface area (Å²) in [6.45, 7) is 2.63. The Morgan fingerprint density at radius 2 is 2.26 bits per heavy atom. The molecule has 0 atom stereocenters. The predicted molar refractivity (Wildman–Crippen MR) is 86.7 cm³/mol. The molecule has 0 unspecified atom stereocenters. The first kappa shape index (κ1) is 14.1. The van der Waals surface area contributed by atoms with Crippen molar-refractivity contribution in [2.24, 2.45) is 0 Å². The van der Waals surface area contributed by atoms with Crippen LogP contribution in [0.15, 0.2) is 24.7 Å². The largest absolute Gasteiger partial charge is 0.363 e. The summed E-state index contributed by atoms with van der Waals surface area (Å²) in [5.74, 6) is -0.152. The highest BCUT2D eigenvalue weighted by atomic mass is 35.5. The third kappa shape index (κ3) is 2.16. The van der Waals surface area contributed by atoms with E-state index in [0.29, 0.717) is 22.9 Å². The Bertz CT molecular complexity index is 914. The van der Waals surface area contributed by atoms with Crippen molar-refractivity contribution in [3.05, 3.63) is 46.6 Å². The second kappa shape index (κ2) is 4.99. The first-order valence-electron chi connectivity index (χ1n) is 7.28. The Kier molecular flexibility index (Phi) is 3.05. The molecule has 7 nitrogen and oxygen atoms in total.